The molecule has 1 aromatic heterocycles. The van der Waals surface area contributed by atoms with Crippen LogP contribution in [0.4, 0.5) is 4.79 Å². The Bertz CT molecular complexity index is 610. The molecule has 0 aliphatic carbocycles. The molecule has 0 spiro atoms. The average molecular weight is 304 g/mol. The van der Waals surface area contributed by atoms with E-state index in [4.69, 9.17) is 0 Å². The molecule has 7 nitrogen and oxygen atoms in total. The molecule has 1 aliphatic heterocycles. The quantitative estimate of drug-likeness (QED) is 0.808. The number of carbonyl (C=O) groups excluding carboxylic acids is 3. The fourth-order valence-corrected chi connectivity index (χ4v) is 2.21. The first-order chi connectivity index (χ1) is 10.2. The highest BCUT2D eigenvalue weighted by atomic mass is 16.2. The van der Waals surface area contributed by atoms with Gasteiger partial charge in [-0.15, -0.1) is 0 Å². The normalized spacial score (nSPS) is 18.1. The topological polar surface area (TPSA) is 91.4 Å². The molecule has 2 heterocycles. The number of rotatable bonds is 4. The zero-order valence-corrected chi connectivity index (χ0v) is 13.1. The minimum atomic E-state index is -0.968. The summed E-state index contributed by atoms with van der Waals surface area (Å²) in [5.74, 6) is -0.799. The van der Waals surface area contributed by atoms with Crippen molar-refractivity contribution in [3.63, 3.8) is 0 Å². The van der Waals surface area contributed by atoms with Gasteiger partial charge in [0.1, 0.15) is 12.1 Å². The number of nitrogens with one attached hydrogen (secondary N) is 2. The van der Waals surface area contributed by atoms with Crippen LogP contribution in [-0.4, -0.2) is 39.8 Å². The maximum absolute atomic E-state index is 12.0. The summed E-state index contributed by atoms with van der Waals surface area (Å²) in [5, 5.41) is 5.30. The number of carbonyl (C=O) groups is 3. The van der Waals surface area contributed by atoms with Crippen molar-refractivity contribution in [2.45, 2.75) is 39.3 Å². The molecule has 0 bridgehead atoms. The molecule has 0 radical (unpaired) electrons. The molecule has 1 atom stereocenters. The molecule has 0 saturated carbocycles. The highest BCUT2D eigenvalue weighted by Gasteiger charge is 2.44. The van der Waals surface area contributed by atoms with E-state index < -0.39 is 23.4 Å². The predicted octanol–water partition coefficient (Wildman–Crippen LogP) is 0.898. The van der Waals surface area contributed by atoms with Gasteiger partial charge in [-0.2, -0.15) is 0 Å². The van der Waals surface area contributed by atoms with Crippen LogP contribution in [0.25, 0.3) is 0 Å². The van der Waals surface area contributed by atoms with Crippen molar-refractivity contribution in [3.8, 4) is 0 Å². The number of aryl methyl sites for hydroxylation is 1. The summed E-state index contributed by atoms with van der Waals surface area (Å²) in [7, 11) is 0. The summed E-state index contributed by atoms with van der Waals surface area (Å²) in [6.07, 6.45) is 1.69. The van der Waals surface area contributed by atoms with Crippen molar-refractivity contribution in [3.05, 3.63) is 29.6 Å². The van der Waals surface area contributed by atoms with E-state index in [2.05, 4.69) is 15.6 Å². The Morgan fingerprint density at radius 3 is 2.59 bits per heavy atom. The number of amides is 4. The van der Waals surface area contributed by atoms with Gasteiger partial charge >= 0.3 is 6.03 Å². The van der Waals surface area contributed by atoms with Gasteiger partial charge in [-0.3, -0.25) is 19.5 Å². The molecular weight excluding hydrogens is 284 g/mol. The van der Waals surface area contributed by atoms with E-state index in [1.807, 2.05) is 26.0 Å². The van der Waals surface area contributed by atoms with E-state index in [1.54, 1.807) is 20.0 Å². The second-order valence-electron chi connectivity index (χ2n) is 5.97. The van der Waals surface area contributed by atoms with E-state index in [0.717, 1.165) is 16.2 Å². The lowest BCUT2D eigenvalue weighted by Crippen LogP contribution is -2.43. The van der Waals surface area contributed by atoms with Crippen LogP contribution < -0.4 is 10.6 Å². The third-order valence-electron chi connectivity index (χ3n) is 3.56. The van der Waals surface area contributed by atoms with Crippen LogP contribution in [0.1, 0.15) is 38.1 Å². The van der Waals surface area contributed by atoms with Crippen molar-refractivity contribution in [2.24, 2.45) is 0 Å². The first-order valence-electron chi connectivity index (χ1n) is 7.07. The first-order valence-corrected chi connectivity index (χ1v) is 7.07. The number of aromatic nitrogens is 1. The van der Waals surface area contributed by atoms with Gasteiger partial charge in [-0.05, 0) is 39.3 Å². The van der Waals surface area contributed by atoms with Crippen molar-refractivity contribution in [1.82, 2.24) is 20.5 Å². The van der Waals surface area contributed by atoms with E-state index in [9.17, 15) is 14.4 Å². The van der Waals surface area contributed by atoms with Crippen molar-refractivity contribution >= 4 is 17.8 Å². The standard InChI is InChI=1S/C15H20N4O3/c1-9-5-6-11(7-16-9)10(2)17-12(20)8-19-13(21)15(3,4)18-14(19)22/h5-7,10H,8H2,1-4H3,(H,17,20)(H,18,22)/t10-/m0/s1. The monoisotopic (exact) mass is 304 g/mol. The number of hydrogen-bond donors (Lipinski definition) is 2. The molecule has 2 N–H and O–H groups in total. The molecule has 1 aliphatic rings. The highest BCUT2D eigenvalue weighted by Crippen LogP contribution is 2.16. The minimum absolute atomic E-state index is 0.255. The van der Waals surface area contributed by atoms with Gasteiger partial charge in [0.15, 0.2) is 0 Å². The molecule has 118 valence electrons. The van der Waals surface area contributed by atoms with E-state index in [1.165, 1.54) is 0 Å². The highest BCUT2D eigenvalue weighted by molar-refractivity contribution is 6.08. The predicted molar refractivity (Wildman–Crippen MR) is 79.9 cm³/mol. The number of imide groups is 1. The van der Waals surface area contributed by atoms with Gasteiger partial charge < -0.3 is 10.6 Å². The van der Waals surface area contributed by atoms with Gasteiger partial charge in [-0.1, -0.05) is 6.07 Å². The minimum Gasteiger partial charge on any atom is -0.348 e. The molecule has 4 amide bonds. The Morgan fingerprint density at radius 1 is 1.41 bits per heavy atom. The zero-order valence-electron chi connectivity index (χ0n) is 13.1. The summed E-state index contributed by atoms with van der Waals surface area (Å²) in [6.45, 7) is 6.61. The summed E-state index contributed by atoms with van der Waals surface area (Å²) >= 11 is 0. The van der Waals surface area contributed by atoms with Gasteiger partial charge in [-0.25, -0.2) is 4.79 Å². The summed E-state index contributed by atoms with van der Waals surface area (Å²) in [5.41, 5.74) is 0.782. The SMILES string of the molecule is Cc1ccc([C@H](C)NC(=O)CN2C(=O)NC(C)(C)C2=O)cn1. The summed E-state index contributed by atoms with van der Waals surface area (Å²) in [4.78, 5) is 40.9. The van der Waals surface area contributed by atoms with Crippen molar-refractivity contribution in [2.75, 3.05) is 6.54 Å². The van der Waals surface area contributed by atoms with Crippen LogP contribution in [-0.2, 0) is 9.59 Å². The Labute approximate surface area is 129 Å². The third-order valence-corrected chi connectivity index (χ3v) is 3.56. The molecule has 0 aromatic carbocycles. The average Bonchev–Trinajstić information content (AvgIpc) is 2.61. The van der Waals surface area contributed by atoms with Gasteiger partial charge in [0.25, 0.3) is 5.91 Å². The number of hydrogen-bond acceptors (Lipinski definition) is 4. The zero-order chi connectivity index (χ0) is 16.5. The number of nitrogens with zero attached hydrogens (tertiary/aromatic N) is 2. The lowest BCUT2D eigenvalue weighted by atomic mass is 10.1. The fourth-order valence-electron chi connectivity index (χ4n) is 2.21. The van der Waals surface area contributed by atoms with Crippen LogP contribution in [0.5, 0.6) is 0 Å². The fraction of sp³-hybridized carbons (Fsp3) is 0.467. The van der Waals surface area contributed by atoms with E-state index >= 15 is 0 Å². The molecule has 1 aromatic rings. The maximum atomic E-state index is 12.0. The van der Waals surface area contributed by atoms with Crippen molar-refractivity contribution in [1.29, 1.82) is 0 Å². The van der Waals surface area contributed by atoms with Crippen LogP contribution in [0.2, 0.25) is 0 Å². The molecule has 2 rings (SSSR count). The Balaban J connectivity index is 1.97. The largest absolute Gasteiger partial charge is 0.348 e. The van der Waals surface area contributed by atoms with Gasteiger partial charge in [0.05, 0.1) is 6.04 Å². The van der Waals surface area contributed by atoms with Crippen molar-refractivity contribution < 1.29 is 14.4 Å². The number of pyridine rings is 1. The van der Waals surface area contributed by atoms with Gasteiger partial charge in [0, 0.05) is 11.9 Å². The molecule has 22 heavy (non-hydrogen) atoms. The Hall–Kier alpha value is -2.44. The summed E-state index contributed by atoms with van der Waals surface area (Å²) < 4.78 is 0. The van der Waals surface area contributed by atoms with Crippen LogP contribution in [0, 0.1) is 6.92 Å². The smallest absolute Gasteiger partial charge is 0.325 e. The Morgan fingerprint density at radius 2 is 2.09 bits per heavy atom. The molecule has 1 saturated heterocycles. The third kappa shape index (κ3) is 3.24. The second-order valence-corrected chi connectivity index (χ2v) is 5.97. The van der Waals surface area contributed by atoms with Crippen LogP contribution in [0.3, 0.4) is 0 Å². The number of urea groups is 1. The lowest BCUT2D eigenvalue weighted by molar-refractivity contribution is -0.134. The van der Waals surface area contributed by atoms with E-state index in [0.29, 0.717) is 0 Å². The van der Waals surface area contributed by atoms with Crippen LogP contribution >= 0.6 is 0 Å². The van der Waals surface area contributed by atoms with E-state index in [-0.39, 0.29) is 12.6 Å². The summed E-state index contributed by atoms with van der Waals surface area (Å²) in [6, 6.07) is 2.94. The lowest BCUT2D eigenvalue weighted by Gasteiger charge is -2.18. The molecule has 0 unspecified atom stereocenters. The Kier molecular flexibility index (Phi) is 4.16. The van der Waals surface area contributed by atoms with Crippen LogP contribution in [0.15, 0.2) is 18.3 Å². The molecule has 1 fully saturated rings. The molecule has 7 heteroatoms. The second kappa shape index (κ2) is 5.75. The van der Waals surface area contributed by atoms with Gasteiger partial charge in [0.2, 0.25) is 5.91 Å². The first kappa shape index (κ1) is 15.9. The molecular formula is C15H20N4O3. The maximum Gasteiger partial charge on any atom is 0.325 e.